The molecule has 1 aromatic carbocycles. The Kier molecular flexibility index (Phi) is 6.72. The number of aromatic nitrogens is 1. The number of carbonyl (C=O) groups excluding carboxylic acids is 2. The van der Waals surface area contributed by atoms with Crippen molar-refractivity contribution in [2.45, 2.75) is 45.0 Å². The number of nitrogens with one attached hydrogen (secondary N) is 1. The molecule has 2 amide bonds. The molecule has 1 fully saturated rings. The van der Waals surface area contributed by atoms with Gasteiger partial charge < -0.3 is 24.3 Å². The summed E-state index contributed by atoms with van der Waals surface area (Å²) in [6, 6.07) is 9.31. The van der Waals surface area contributed by atoms with Crippen molar-refractivity contribution >= 4 is 11.8 Å². The number of hydrogen-bond donors (Lipinski definition) is 1. The smallest absolute Gasteiger partial charge is 0.264 e. The van der Waals surface area contributed by atoms with Gasteiger partial charge in [-0.25, -0.2) is 0 Å². The second-order valence-electron chi connectivity index (χ2n) is 8.33. The van der Waals surface area contributed by atoms with E-state index in [4.69, 9.17) is 9.47 Å². The summed E-state index contributed by atoms with van der Waals surface area (Å²) in [5, 5.41) is 2.97. The zero-order valence-corrected chi connectivity index (χ0v) is 18.5. The van der Waals surface area contributed by atoms with Crippen molar-refractivity contribution in [3.05, 3.63) is 69.1 Å². The van der Waals surface area contributed by atoms with Crippen LogP contribution in [-0.4, -0.2) is 60.3 Å². The summed E-state index contributed by atoms with van der Waals surface area (Å²) in [6.07, 6.45) is 2.78. The highest BCUT2D eigenvalue weighted by molar-refractivity contribution is 5.96. The Labute approximate surface area is 187 Å². The first-order chi connectivity index (χ1) is 15.5. The number of hydrogen-bond acceptors (Lipinski definition) is 5. The third-order valence-electron chi connectivity index (χ3n) is 6.25. The highest BCUT2D eigenvalue weighted by atomic mass is 16.5. The number of benzene rings is 1. The number of nitrogens with zero attached hydrogens (tertiary/aromatic N) is 2. The third-order valence-corrected chi connectivity index (χ3v) is 6.25. The average molecular weight is 440 g/mol. The first-order valence-electron chi connectivity index (χ1n) is 10.9. The van der Waals surface area contributed by atoms with Crippen LogP contribution in [0.5, 0.6) is 0 Å². The molecule has 0 aliphatic carbocycles. The van der Waals surface area contributed by atoms with Crippen molar-refractivity contribution in [1.29, 1.82) is 0 Å². The van der Waals surface area contributed by atoms with E-state index in [1.807, 2.05) is 30.3 Å². The molecule has 1 saturated heterocycles. The van der Waals surface area contributed by atoms with Crippen molar-refractivity contribution in [3.63, 3.8) is 0 Å². The van der Waals surface area contributed by atoms with Gasteiger partial charge in [0.1, 0.15) is 5.56 Å². The van der Waals surface area contributed by atoms with E-state index >= 15 is 0 Å². The summed E-state index contributed by atoms with van der Waals surface area (Å²) >= 11 is 0. The molecule has 170 valence electrons. The van der Waals surface area contributed by atoms with E-state index in [1.54, 1.807) is 22.8 Å². The standard InChI is InChI=1S/C24H29N3O5/c1-16(28)26-10-8-19-18(13-26)14-27(12-17-6-4-3-5-7-17)24(30)22(19)23(29)25-20-15-32-11-9-21(20)31-2/h3-7,14,20-21H,8-13,15H2,1-2H3,(H,25,29)/t20-,21-/m1/s1. The maximum Gasteiger partial charge on any atom is 0.264 e. The van der Waals surface area contributed by atoms with Crippen LogP contribution in [0.3, 0.4) is 0 Å². The first kappa shape index (κ1) is 22.2. The molecule has 0 bridgehead atoms. The summed E-state index contributed by atoms with van der Waals surface area (Å²) in [5.41, 5.74) is 2.34. The van der Waals surface area contributed by atoms with Crippen molar-refractivity contribution in [2.75, 3.05) is 26.9 Å². The number of rotatable bonds is 5. The van der Waals surface area contributed by atoms with E-state index in [0.717, 1.165) is 16.7 Å². The fraction of sp³-hybridized carbons (Fsp3) is 0.458. The monoisotopic (exact) mass is 439 g/mol. The number of pyridine rings is 1. The van der Waals surface area contributed by atoms with Crippen LogP contribution in [0.15, 0.2) is 41.3 Å². The Hall–Kier alpha value is -2.97. The number of amides is 2. The fourth-order valence-corrected chi connectivity index (χ4v) is 4.49. The highest BCUT2D eigenvalue weighted by Gasteiger charge is 2.31. The molecule has 8 nitrogen and oxygen atoms in total. The van der Waals surface area contributed by atoms with Gasteiger partial charge in [-0.3, -0.25) is 14.4 Å². The van der Waals surface area contributed by atoms with Gasteiger partial charge in [0, 0.05) is 39.9 Å². The maximum absolute atomic E-state index is 13.5. The van der Waals surface area contributed by atoms with Gasteiger partial charge in [-0.15, -0.1) is 0 Å². The van der Waals surface area contributed by atoms with Crippen LogP contribution in [0.2, 0.25) is 0 Å². The average Bonchev–Trinajstić information content (AvgIpc) is 2.80. The van der Waals surface area contributed by atoms with Crippen molar-refractivity contribution in [3.8, 4) is 0 Å². The molecule has 2 aromatic rings. The van der Waals surface area contributed by atoms with Gasteiger partial charge in [0.15, 0.2) is 0 Å². The van der Waals surface area contributed by atoms with E-state index < -0.39 is 5.91 Å². The van der Waals surface area contributed by atoms with Gasteiger partial charge in [-0.2, -0.15) is 0 Å². The quantitative estimate of drug-likeness (QED) is 0.759. The normalized spacial score (nSPS) is 20.5. The second-order valence-corrected chi connectivity index (χ2v) is 8.33. The van der Waals surface area contributed by atoms with Gasteiger partial charge in [0.2, 0.25) is 5.91 Å². The molecule has 8 heteroatoms. The highest BCUT2D eigenvalue weighted by Crippen LogP contribution is 2.22. The van der Waals surface area contributed by atoms with E-state index in [-0.39, 0.29) is 29.2 Å². The van der Waals surface area contributed by atoms with E-state index in [0.29, 0.717) is 45.7 Å². The summed E-state index contributed by atoms with van der Waals surface area (Å²) in [7, 11) is 1.61. The Bertz CT molecular complexity index is 1050. The number of methoxy groups -OCH3 is 1. The van der Waals surface area contributed by atoms with Gasteiger partial charge in [-0.1, -0.05) is 30.3 Å². The molecule has 0 radical (unpaired) electrons. The molecule has 2 atom stereocenters. The molecule has 2 aliphatic rings. The summed E-state index contributed by atoms with van der Waals surface area (Å²) in [5.74, 6) is -0.438. The van der Waals surface area contributed by atoms with Crippen molar-refractivity contribution in [2.24, 2.45) is 0 Å². The van der Waals surface area contributed by atoms with Crippen LogP contribution in [0.4, 0.5) is 0 Å². The van der Waals surface area contributed by atoms with Gasteiger partial charge >= 0.3 is 0 Å². The van der Waals surface area contributed by atoms with E-state index in [1.165, 1.54) is 6.92 Å². The lowest BCUT2D eigenvalue weighted by Gasteiger charge is -2.32. The Morgan fingerprint density at radius 2 is 2.03 bits per heavy atom. The molecular weight excluding hydrogens is 410 g/mol. The topological polar surface area (TPSA) is 89.9 Å². The summed E-state index contributed by atoms with van der Waals surface area (Å²) < 4.78 is 12.6. The molecule has 32 heavy (non-hydrogen) atoms. The molecule has 0 saturated carbocycles. The fourth-order valence-electron chi connectivity index (χ4n) is 4.49. The lowest BCUT2D eigenvalue weighted by Crippen LogP contribution is -2.51. The molecule has 1 N–H and O–H groups in total. The zero-order chi connectivity index (χ0) is 22.7. The molecular formula is C24H29N3O5. The zero-order valence-electron chi connectivity index (χ0n) is 18.5. The Morgan fingerprint density at radius 3 is 2.75 bits per heavy atom. The molecule has 2 aliphatic heterocycles. The molecule has 3 heterocycles. The molecule has 0 spiro atoms. The number of fused-ring (bicyclic) bond motifs is 1. The minimum absolute atomic E-state index is 0.0234. The van der Waals surface area contributed by atoms with Crippen molar-refractivity contribution < 1.29 is 19.1 Å². The second kappa shape index (κ2) is 9.67. The molecule has 0 unspecified atom stereocenters. The maximum atomic E-state index is 13.5. The minimum Gasteiger partial charge on any atom is -0.379 e. The van der Waals surface area contributed by atoms with Crippen LogP contribution >= 0.6 is 0 Å². The molecule has 4 rings (SSSR count). The van der Waals surface area contributed by atoms with E-state index in [2.05, 4.69) is 5.32 Å². The van der Waals surface area contributed by atoms with Gasteiger partial charge in [0.05, 0.1) is 25.3 Å². The lowest BCUT2D eigenvalue weighted by atomic mass is 9.95. The number of carbonyl (C=O) groups is 2. The van der Waals surface area contributed by atoms with E-state index in [9.17, 15) is 14.4 Å². The predicted octanol–water partition coefficient (Wildman–Crippen LogP) is 1.33. The third kappa shape index (κ3) is 4.61. The SMILES string of the molecule is CO[C@@H]1CCOC[C@H]1NC(=O)c1c2c(cn(Cc3ccccc3)c1=O)CN(C(C)=O)CC2. The summed E-state index contributed by atoms with van der Waals surface area (Å²) in [6.45, 7) is 3.67. The van der Waals surface area contributed by atoms with Crippen molar-refractivity contribution in [1.82, 2.24) is 14.8 Å². The lowest BCUT2D eigenvalue weighted by molar-refractivity contribution is -0.129. The largest absolute Gasteiger partial charge is 0.379 e. The first-order valence-corrected chi connectivity index (χ1v) is 10.9. The molecule has 1 aromatic heterocycles. The predicted molar refractivity (Wildman–Crippen MR) is 119 cm³/mol. The van der Waals surface area contributed by atoms with Crippen LogP contribution in [0.25, 0.3) is 0 Å². The van der Waals surface area contributed by atoms with Gasteiger partial charge in [-0.05, 0) is 29.5 Å². The Balaban J connectivity index is 1.71. The van der Waals surface area contributed by atoms with Crippen LogP contribution < -0.4 is 10.9 Å². The van der Waals surface area contributed by atoms with Crippen LogP contribution in [0, 0.1) is 0 Å². The van der Waals surface area contributed by atoms with Gasteiger partial charge in [0.25, 0.3) is 11.5 Å². The minimum atomic E-state index is -0.414. The van der Waals surface area contributed by atoms with Crippen LogP contribution in [0.1, 0.15) is 40.4 Å². The van der Waals surface area contributed by atoms with Crippen LogP contribution in [-0.2, 0) is 33.8 Å². The summed E-state index contributed by atoms with van der Waals surface area (Å²) in [4.78, 5) is 40.5. The number of ether oxygens (including phenoxy) is 2. The Morgan fingerprint density at radius 1 is 1.25 bits per heavy atom.